The molecule has 0 fully saturated rings. The Kier molecular flexibility index (Phi) is 1.99. The fraction of sp³-hybridized carbons (Fsp3) is 0. The fourth-order valence-corrected chi connectivity index (χ4v) is 1.28. The molecule has 0 amide bonds. The van der Waals surface area contributed by atoms with E-state index in [1.54, 1.807) is 0 Å². The van der Waals surface area contributed by atoms with Gasteiger partial charge in [0.25, 0.3) is 0 Å². The molecule has 0 saturated heterocycles. The molecule has 0 atom stereocenters. The topological polar surface area (TPSA) is 82.5 Å². The standard InChI is InChI=1S/C5H4N6S2/c6-3(12)4-8-2-11(10-4)5-7-1-9-13-5/h1-2H,(H2,6,12). The number of thiocarbonyl (C=S) groups is 1. The maximum atomic E-state index is 5.34. The van der Waals surface area contributed by atoms with Crippen LogP contribution in [0.1, 0.15) is 5.82 Å². The molecule has 6 nitrogen and oxygen atoms in total. The highest BCUT2D eigenvalue weighted by Crippen LogP contribution is 2.05. The Hall–Kier alpha value is -1.41. The third-order valence-corrected chi connectivity index (χ3v) is 2.10. The van der Waals surface area contributed by atoms with E-state index in [4.69, 9.17) is 18.0 Å². The largest absolute Gasteiger partial charge is 0.387 e. The van der Waals surface area contributed by atoms with Gasteiger partial charge >= 0.3 is 0 Å². The molecule has 0 aliphatic rings. The Labute approximate surface area is 82.6 Å². The van der Waals surface area contributed by atoms with Crippen LogP contribution < -0.4 is 5.73 Å². The van der Waals surface area contributed by atoms with Crippen molar-refractivity contribution in [3.8, 4) is 5.13 Å². The van der Waals surface area contributed by atoms with E-state index < -0.39 is 0 Å². The SMILES string of the molecule is NC(=S)c1ncn(-c2ncns2)n1. The highest BCUT2D eigenvalue weighted by atomic mass is 32.1. The molecule has 13 heavy (non-hydrogen) atoms. The number of hydrogen-bond acceptors (Lipinski definition) is 6. The number of rotatable bonds is 2. The lowest BCUT2D eigenvalue weighted by atomic mass is 10.6. The second-order valence-electron chi connectivity index (χ2n) is 2.10. The molecule has 0 aliphatic carbocycles. The van der Waals surface area contributed by atoms with Crippen LogP contribution in [0.2, 0.25) is 0 Å². The Morgan fingerprint density at radius 1 is 1.54 bits per heavy atom. The quantitative estimate of drug-likeness (QED) is 0.691. The van der Waals surface area contributed by atoms with Gasteiger partial charge in [-0.25, -0.2) is 9.97 Å². The van der Waals surface area contributed by atoms with Gasteiger partial charge in [0.2, 0.25) is 11.0 Å². The van der Waals surface area contributed by atoms with Crippen molar-refractivity contribution in [2.75, 3.05) is 0 Å². The molecule has 2 aromatic heterocycles. The van der Waals surface area contributed by atoms with E-state index >= 15 is 0 Å². The normalized spacial score (nSPS) is 10.2. The van der Waals surface area contributed by atoms with Crippen LogP contribution in [-0.4, -0.2) is 29.1 Å². The van der Waals surface area contributed by atoms with Gasteiger partial charge in [-0.3, -0.25) is 0 Å². The van der Waals surface area contributed by atoms with Crippen molar-refractivity contribution in [3.05, 3.63) is 18.5 Å². The number of aromatic nitrogens is 5. The summed E-state index contributed by atoms with van der Waals surface area (Å²) < 4.78 is 5.31. The van der Waals surface area contributed by atoms with E-state index in [2.05, 4.69) is 19.4 Å². The fourth-order valence-electron chi connectivity index (χ4n) is 0.736. The monoisotopic (exact) mass is 212 g/mol. The molecule has 66 valence electrons. The summed E-state index contributed by atoms with van der Waals surface area (Å²) >= 11 is 5.93. The molecule has 0 aliphatic heterocycles. The molecule has 2 heterocycles. The van der Waals surface area contributed by atoms with Crippen LogP contribution in [0.4, 0.5) is 0 Å². The smallest absolute Gasteiger partial charge is 0.231 e. The first-order valence-corrected chi connectivity index (χ1v) is 4.44. The summed E-state index contributed by atoms with van der Waals surface area (Å²) in [6.45, 7) is 0. The van der Waals surface area contributed by atoms with E-state index in [-0.39, 0.29) is 4.99 Å². The van der Waals surface area contributed by atoms with Gasteiger partial charge in [0.05, 0.1) is 0 Å². The summed E-state index contributed by atoms with van der Waals surface area (Å²) in [6.07, 6.45) is 2.94. The van der Waals surface area contributed by atoms with Gasteiger partial charge in [-0.05, 0) is 0 Å². The van der Waals surface area contributed by atoms with Crippen LogP contribution in [0.5, 0.6) is 0 Å². The van der Waals surface area contributed by atoms with Gasteiger partial charge in [0.1, 0.15) is 17.6 Å². The Balaban J connectivity index is 2.39. The minimum Gasteiger partial charge on any atom is -0.387 e. The highest BCUT2D eigenvalue weighted by Gasteiger charge is 2.06. The number of nitrogens with two attached hydrogens (primary N) is 1. The van der Waals surface area contributed by atoms with E-state index in [1.807, 2.05) is 0 Å². The Bertz CT molecular complexity index is 418. The molecular weight excluding hydrogens is 208 g/mol. The molecule has 0 aromatic carbocycles. The molecule has 0 unspecified atom stereocenters. The van der Waals surface area contributed by atoms with Gasteiger partial charge in [-0.1, -0.05) is 12.2 Å². The first kappa shape index (κ1) is 8.20. The summed E-state index contributed by atoms with van der Waals surface area (Å²) in [5.74, 6) is 0.338. The molecule has 0 spiro atoms. The van der Waals surface area contributed by atoms with Crippen molar-refractivity contribution in [2.45, 2.75) is 0 Å². The van der Waals surface area contributed by atoms with Crippen molar-refractivity contribution in [1.82, 2.24) is 24.1 Å². The maximum absolute atomic E-state index is 5.34. The minimum absolute atomic E-state index is 0.170. The molecular formula is C5H4N6S2. The average molecular weight is 212 g/mol. The van der Waals surface area contributed by atoms with Gasteiger partial charge in [0.15, 0.2) is 0 Å². The van der Waals surface area contributed by atoms with Crippen LogP contribution in [-0.2, 0) is 0 Å². The van der Waals surface area contributed by atoms with Gasteiger partial charge in [-0.15, -0.1) is 5.10 Å². The van der Waals surface area contributed by atoms with Crippen molar-refractivity contribution < 1.29 is 0 Å². The molecule has 0 radical (unpaired) electrons. The van der Waals surface area contributed by atoms with Crippen molar-refractivity contribution in [2.24, 2.45) is 5.73 Å². The second kappa shape index (κ2) is 3.15. The van der Waals surface area contributed by atoms with Crippen molar-refractivity contribution in [3.63, 3.8) is 0 Å². The zero-order chi connectivity index (χ0) is 9.26. The zero-order valence-corrected chi connectivity index (χ0v) is 7.92. The van der Waals surface area contributed by atoms with E-state index in [1.165, 1.54) is 28.9 Å². The van der Waals surface area contributed by atoms with Crippen LogP contribution >= 0.6 is 23.8 Å². The van der Waals surface area contributed by atoms with Crippen molar-refractivity contribution >= 4 is 28.7 Å². The lowest BCUT2D eigenvalue weighted by Gasteiger charge is -1.89. The molecule has 8 heteroatoms. The number of nitrogens with zero attached hydrogens (tertiary/aromatic N) is 5. The average Bonchev–Trinajstić information content (AvgIpc) is 2.75. The van der Waals surface area contributed by atoms with Gasteiger partial charge < -0.3 is 5.73 Å². The molecule has 2 rings (SSSR count). The third kappa shape index (κ3) is 1.53. The predicted octanol–water partition coefficient (Wildman–Crippen LogP) is -0.247. The summed E-state index contributed by atoms with van der Waals surface area (Å²) in [5, 5.41) is 4.63. The summed E-state index contributed by atoms with van der Waals surface area (Å²) in [5.41, 5.74) is 5.34. The van der Waals surface area contributed by atoms with E-state index in [9.17, 15) is 0 Å². The van der Waals surface area contributed by atoms with Gasteiger partial charge in [0, 0.05) is 11.5 Å². The van der Waals surface area contributed by atoms with Crippen LogP contribution in [0, 0.1) is 0 Å². The summed E-state index contributed by atoms with van der Waals surface area (Å²) in [4.78, 5) is 8.01. The van der Waals surface area contributed by atoms with Crippen LogP contribution in [0.3, 0.4) is 0 Å². The lowest BCUT2D eigenvalue weighted by molar-refractivity contribution is 0.864. The van der Waals surface area contributed by atoms with Crippen molar-refractivity contribution in [1.29, 1.82) is 0 Å². The van der Waals surface area contributed by atoms with E-state index in [0.717, 1.165) is 0 Å². The van der Waals surface area contributed by atoms with Crippen LogP contribution in [0.15, 0.2) is 12.7 Å². The zero-order valence-electron chi connectivity index (χ0n) is 6.28. The van der Waals surface area contributed by atoms with Gasteiger partial charge in [-0.2, -0.15) is 9.06 Å². The predicted molar refractivity (Wildman–Crippen MR) is 50.7 cm³/mol. The first-order chi connectivity index (χ1) is 6.27. The first-order valence-electron chi connectivity index (χ1n) is 3.26. The summed E-state index contributed by atoms with van der Waals surface area (Å²) in [7, 11) is 0. The van der Waals surface area contributed by atoms with E-state index in [0.29, 0.717) is 11.0 Å². The second-order valence-corrected chi connectivity index (χ2v) is 3.30. The molecule has 0 saturated carbocycles. The number of hydrogen-bond donors (Lipinski definition) is 1. The highest BCUT2D eigenvalue weighted by molar-refractivity contribution is 7.80. The minimum atomic E-state index is 0.170. The Morgan fingerprint density at radius 3 is 2.92 bits per heavy atom. The molecule has 2 aromatic rings. The molecule has 2 N–H and O–H groups in total. The molecule has 0 bridgehead atoms. The lowest BCUT2D eigenvalue weighted by Crippen LogP contribution is -2.12. The Morgan fingerprint density at radius 2 is 2.38 bits per heavy atom. The van der Waals surface area contributed by atoms with Crippen LogP contribution in [0.25, 0.3) is 5.13 Å². The third-order valence-electron chi connectivity index (χ3n) is 1.26. The summed E-state index contributed by atoms with van der Waals surface area (Å²) in [6, 6.07) is 0. The maximum Gasteiger partial charge on any atom is 0.231 e.